The molecule has 2 N–H and O–H groups in total. The van der Waals surface area contributed by atoms with Gasteiger partial charge in [-0.05, 0) is 47.5 Å². The number of hydrogen-bond acceptors (Lipinski definition) is 6. The second-order valence-corrected chi connectivity index (χ2v) is 10.3. The van der Waals surface area contributed by atoms with Crippen LogP contribution in [-0.2, 0) is 21.3 Å². The van der Waals surface area contributed by atoms with Crippen LogP contribution in [0.25, 0.3) is 5.76 Å². The number of para-hydroxylation sites is 1. The van der Waals surface area contributed by atoms with Crippen molar-refractivity contribution in [2.24, 2.45) is 5.73 Å². The Morgan fingerprint density at radius 3 is 2.43 bits per heavy atom. The first-order chi connectivity index (χ1) is 16.8. The molecule has 2 aliphatic heterocycles. The van der Waals surface area contributed by atoms with Crippen LogP contribution in [0.15, 0.2) is 89.2 Å². The molecule has 2 heterocycles. The smallest absolute Gasteiger partial charge is 0.265 e. The van der Waals surface area contributed by atoms with Crippen molar-refractivity contribution in [2.45, 2.75) is 12.5 Å². The number of benzene rings is 3. The zero-order valence-corrected chi connectivity index (χ0v) is 20.2. The maximum absolute atomic E-state index is 14.2. The van der Waals surface area contributed by atoms with Gasteiger partial charge in [0.15, 0.2) is 5.76 Å². The Kier molecular flexibility index (Phi) is 5.67. The number of anilines is 1. The summed E-state index contributed by atoms with van der Waals surface area (Å²) < 4.78 is 40.8. The van der Waals surface area contributed by atoms with Crippen LogP contribution in [0.1, 0.15) is 22.6 Å². The highest BCUT2D eigenvalue weighted by Crippen LogP contribution is 2.51. The van der Waals surface area contributed by atoms with Crippen molar-refractivity contribution in [3.05, 3.63) is 111 Å². The van der Waals surface area contributed by atoms with Crippen LogP contribution in [0.4, 0.5) is 5.69 Å². The first kappa shape index (κ1) is 22.8. The number of halogens is 1. The average Bonchev–Trinajstić information content (AvgIpc) is 2.86. The SMILES string of the molecule is COc1ccc(CN2c3ccccc3C3=C([C@@H](c4ccc(Cl)cc4)C(C#N)=C(N)O3)S2(=O)=O)cc1. The molecule has 1 atom stereocenters. The molecule has 3 aromatic carbocycles. The number of nitrogens with zero attached hydrogens (tertiary/aromatic N) is 2. The summed E-state index contributed by atoms with van der Waals surface area (Å²) >= 11 is 6.07. The Balaban J connectivity index is 1.72. The van der Waals surface area contributed by atoms with Crippen molar-refractivity contribution in [1.29, 1.82) is 5.26 Å². The lowest BCUT2D eigenvalue weighted by molar-refractivity contribution is 0.357. The van der Waals surface area contributed by atoms with E-state index >= 15 is 0 Å². The molecule has 9 heteroatoms. The van der Waals surface area contributed by atoms with Gasteiger partial charge in [-0.15, -0.1) is 0 Å². The van der Waals surface area contributed by atoms with E-state index in [1.54, 1.807) is 67.8 Å². The third kappa shape index (κ3) is 3.79. The molecule has 35 heavy (non-hydrogen) atoms. The number of allylic oxidation sites excluding steroid dienone is 2. The first-order valence-corrected chi connectivity index (χ1v) is 12.5. The zero-order chi connectivity index (χ0) is 24.7. The van der Waals surface area contributed by atoms with Crippen LogP contribution in [0, 0.1) is 11.3 Å². The lowest BCUT2D eigenvalue weighted by Gasteiger charge is -2.38. The van der Waals surface area contributed by atoms with E-state index in [2.05, 4.69) is 6.07 Å². The van der Waals surface area contributed by atoms with Crippen molar-refractivity contribution >= 4 is 33.1 Å². The van der Waals surface area contributed by atoms with Crippen molar-refractivity contribution in [1.82, 2.24) is 0 Å². The Hall–Kier alpha value is -3.93. The van der Waals surface area contributed by atoms with Crippen LogP contribution < -0.4 is 14.8 Å². The van der Waals surface area contributed by atoms with Crippen LogP contribution in [0.2, 0.25) is 5.02 Å². The summed E-state index contributed by atoms with van der Waals surface area (Å²) in [6.45, 7) is 0.0779. The average molecular weight is 506 g/mol. The number of nitriles is 1. The minimum absolute atomic E-state index is 0.0263. The summed E-state index contributed by atoms with van der Waals surface area (Å²) in [6.07, 6.45) is 0. The molecule has 0 unspecified atom stereocenters. The van der Waals surface area contributed by atoms with Gasteiger partial charge in [0.05, 0.1) is 25.3 Å². The summed E-state index contributed by atoms with van der Waals surface area (Å²) in [6, 6.07) is 23.0. The summed E-state index contributed by atoms with van der Waals surface area (Å²) in [5.74, 6) is -0.274. The molecule has 5 rings (SSSR count). The number of sulfonamides is 1. The highest BCUT2D eigenvalue weighted by atomic mass is 35.5. The predicted molar refractivity (Wildman–Crippen MR) is 134 cm³/mol. The van der Waals surface area contributed by atoms with Gasteiger partial charge in [-0.3, -0.25) is 4.31 Å². The van der Waals surface area contributed by atoms with Crippen molar-refractivity contribution in [2.75, 3.05) is 11.4 Å². The first-order valence-electron chi connectivity index (χ1n) is 10.7. The molecule has 3 aromatic rings. The third-order valence-corrected chi connectivity index (χ3v) is 8.18. The Bertz CT molecular complexity index is 1520. The van der Waals surface area contributed by atoms with Crippen LogP contribution in [-0.4, -0.2) is 15.5 Å². The maximum Gasteiger partial charge on any atom is 0.265 e. The van der Waals surface area contributed by atoms with Crippen molar-refractivity contribution < 1.29 is 17.9 Å². The van der Waals surface area contributed by atoms with E-state index in [1.165, 1.54) is 4.31 Å². The van der Waals surface area contributed by atoms with Crippen molar-refractivity contribution in [3.63, 3.8) is 0 Å². The van der Waals surface area contributed by atoms with E-state index in [0.717, 1.165) is 5.56 Å². The molecule has 0 saturated heterocycles. The number of ether oxygens (including phenoxy) is 2. The maximum atomic E-state index is 14.2. The van der Waals surface area contributed by atoms with Gasteiger partial charge < -0.3 is 15.2 Å². The fourth-order valence-corrected chi connectivity index (χ4v) is 6.40. The standard InChI is InChI=1S/C26H20ClN3O4S/c1-33-19-12-6-16(7-13-19)15-30-22-5-3-2-4-20(22)24-25(35(30,31)32)23(21(14-28)26(29)34-24)17-8-10-18(27)11-9-17/h2-13,23H,15,29H2,1H3/t23-/m0/s1. The minimum Gasteiger partial charge on any atom is -0.497 e. The Morgan fingerprint density at radius 2 is 1.77 bits per heavy atom. The van der Waals surface area contributed by atoms with Crippen LogP contribution in [0.3, 0.4) is 0 Å². The molecule has 0 saturated carbocycles. The van der Waals surface area contributed by atoms with Gasteiger partial charge in [-0.1, -0.05) is 48.0 Å². The number of methoxy groups -OCH3 is 1. The monoisotopic (exact) mass is 505 g/mol. The quantitative estimate of drug-likeness (QED) is 0.542. The van der Waals surface area contributed by atoms with Gasteiger partial charge in [-0.2, -0.15) is 5.26 Å². The molecule has 0 fully saturated rings. The van der Waals surface area contributed by atoms with Crippen LogP contribution >= 0.6 is 11.6 Å². The Labute approximate surface area is 208 Å². The molecule has 0 aliphatic carbocycles. The van der Waals surface area contributed by atoms with E-state index in [0.29, 0.717) is 27.6 Å². The van der Waals surface area contributed by atoms with Gasteiger partial charge >= 0.3 is 0 Å². The normalized spacial score (nSPS) is 18.3. The molecular formula is C26H20ClN3O4S. The molecule has 176 valence electrons. The van der Waals surface area contributed by atoms with Gasteiger partial charge in [0.1, 0.15) is 22.3 Å². The highest BCUT2D eigenvalue weighted by Gasteiger charge is 2.47. The summed E-state index contributed by atoms with van der Waals surface area (Å²) in [4.78, 5) is -0.0298. The zero-order valence-electron chi connectivity index (χ0n) is 18.6. The lowest BCUT2D eigenvalue weighted by atomic mass is 9.88. The second-order valence-electron chi connectivity index (χ2n) is 8.05. The lowest BCUT2D eigenvalue weighted by Crippen LogP contribution is -2.39. The van der Waals surface area contributed by atoms with Gasteiger partial charge in [0, 0.05) is 10.6 Å². The molecule has 0 aromatic heterocycles. The minimum atomic E-state index is -4.14. The van der Waals surface area contributed by atoms with Gasteiger partial charge in [0.25, 0.3) is 10.0 Å². The number of nitrogens with two attached hydrogens (primary N) is 1. The van der Waals surface area contributed by atoms with Gasteiger partial charge in [-0.25, -0.2) is 8.42 Å². The molecular weight excluding hydrogens is 486 g/mol. The molecule has 7 nitrogen and oxygen atoms in total. The van der Waals surface area contributed by atoms with E-state index in [1.807, 2.05) is 12.1 Å². The third-order valence-electron chi connectivity index (χ3n) is 6.05. The molecule has 2 aliphatic rings. The number of rotatable bonds is 4. The number of fused-ring (bicyclic) bond motifs is 2. The van der Waals surface area contributed by atoms with E-state index in [-0.39, 0.29) is 28.7 Å². The summed E-state index contributed by atoms with van der Waals surface area (Å²) in [7, 11) is -2.57. The molecule has 0 amide bonds. The number of hydrogen-bond donors (Lipinski definition) is 1. The molecule has 0 radical (unpaired) electrons. The highest BCUT2D eigenvalue weighted by molar-refractivity contribution is 7.96. The molecule has 0 bridgehead atoms. The van der Waals surface area contributed by atoms with E-state index < -0.39 is 15.9 Å². The predicted octanol–water partition coefficient (Wildman–Crippen LogP) is 4.88. The fourth-order valence-electron chi connectivity index (χ4n) is 4.36. The molecule has 0 spiro atoms. The van der Waals surface area contributed by atoms with Crippen molar-refractivity contribution in [3.8, 4) is 11.8 Å². The van der Waals surface area contributed by atoms with Crippen LogP contribution in [0.5, 0.6) is 5.75 Å². The van der Waals surface area contributed by atoms with E-state index in [4.69, 9.17) is 26.8 Å². The fraction of sp³-hybridized carbons (Fsp3) is 0.115. The largest absolute Gasteiger partial charge is 0.497 e. The second kappa shape index (κ2) is 8.69. The topological polar surface area (TPSA) is 106 Å². The van der Waals surface area contributed by atoms with E-state index in [9.17, 15) is 13.7 Å². The summed E-state index contributed by atoms with van der Waals surface area (Å²) in [5, 5.41) is 10.4. The summed E-state index contributed by atoms with van der Waals surface area (Å²) in [5.41, 5.74) is 8.54. The van der Waals surface area contributed by atoms with Gasteiger partial charge in [0.2, 0.25) is 5.88 Å². The Morgan fingerprint density at radius 1 is 1.09 bits per heavy atom.